The number of carbonyl (C=O) groups excluding carboxylic acids is 1. The number of carbonyl (C=O) groups is 1. The van der Waals surface area contributed by atoms with Gasteiger partial charge in [0.05, 0.1) is 11.8 Å². The topological polar surface area (TPSA) is 20.3 Å². The van der Waals surface area contributed by atoms with Crippen molar-refractivity contribution in [2.75, 3.05) is 18.2 Å². The Morgan fingerprint density at radius 2 is 2.38 bits per heavy atom. The summed E-state index contributed by atoms with van der Waals surface area (Å²) in [6.45, 7) is 8.82. The average Bonchev–Trinajstić information content (AvgIpc) is 2.67. The van der Waals surface area contributed by atoms with Crippen molar-refractivity contribution in [3.8, 4) is 0 Å². The molecule has 0 bridgehead atoms. The van der Waals surface area contributed by atoms with Gasteiger partial charge in [0, 0.05) is 12.3 Å². The summed E-state index contributed by atoms with van der Waals surface area (Å²) in [7, 11) is 0. The Bertz CT molecular complexity index is 209. The van der Waals surface area contributed by atoms with Gasteiger partial charge in [-0.1, -0.05) is 19.1 Å². The molecule has 1 fully saturated rings. The maximum atomic E-state index is 11.8. The number of thioether (sulfide) groups is 1. The van der Waals surface area contributed by atoms with Crippen LogP contribution in [0.3, 0.4) is 0 Å². The first kappa shape index (κ1) is 10.6. The zero-order valence-electron chi connectivity index (χ0n) is 8.38. The molecule has 0 aromatic heterocycles. The molecule has 0 N–H and O–H groups in total. The Morgan fingerprint density at radius 1 is 1.69 bits per heavy atom. The van der Waals surface area contributed by atoms with Crippen LogP contribution in [-0.2, 0) is 4.79 Å². The molecule has 0 radical (unpaired) electrons. The van der Waals surface area contributed by atoms with Crippen LogP contribution in [0.2, 0.25) is 0 Å². The molecule has 1 rings (SSSR count). The van der Waals surface area contributed by atoms with Crippen molar-refractivity contribution in [1.29, 1.82) is 0 Å². The number of hydrogen-bond donors (Lipinski definition) is 0. The predicted molar refractivity (Wildman–Crippen MR) is 57.6 cm³/mol. The SMILES string of the molecule is C=C(CC)[C@H](C)C(=O)N1CCSC1. The Morgan fingerprint density at radius 3 is 2.85 bits per heavy atom. The van der Waals surface area contributed by atoms with Crippen LogP contribution in [-0.4, -0.2) is 29.0 Å². The quantitative estimate of drug-likeness (QED) is 0.649. The van der Waals surface area contributed by atoms with Gasteiger partial charge in [-0.3, -0.25) is 4.79 Å². The lowest BCUT2D eigenvalue weighted by molar-refractivity contribution is -0.132. The van der Waals surface area contributed by atoms with E-state index in [-0.39, 0.29) is 11.8 Å². The summed E-state index contributed by atoms with van der Waals surface area (Å²) in [6, 6.07) is 0. The molecule has 0 aromatic carbocycles. The summed E-state index contributed by atoms with van der Waals surface area (Å²) >= 11 is 1.82. The first-order valence-electron chi connectivity index (χ1n) is 4.71. The van der Waals surface area contributed by atoms with Gasteiger partial charge in [-0.15, -0.1) is 11.8 Å². The van der Waals surface area contributed by atoms with E-state index in [9.17, 15) is 4.79 Å². The van der Waals surface area contributed by atoms with Crippen molar-refractivity contribution in [3.05, 3.63) is 12.2 Å². The molecule has 1 heterocycles. The van der Waals surface area contributed by atoms with E-state index >= 15 is 0 Å². The molecule has 13 heavy (non-hydrogen) atoms. The second-order valence-corrected chi connectivity index (χ2v) is 4.45. The lowest BCUT2D eigenvalue weighted by atomic mass is 9.99. The minimum atomic E-state index is 0.00343. The summed E-state index contributed by atoms with van der Waals surface area (Å²) in [6.07, 6.45) is 0.897. The molecular formula is C10H17NOS. The van der Waals surface area contributed by atoms with Gasteiger partial charge in [0.15, 0.2) is 0 Å². The molecule has 1 aliphatic heterocycles. The third kappa shape index (κ3) is 2.50. The molecule has 0 unspecified atom stereocenters. The molecule has 2 nitrogen and oxygen atoms in total. The van der Waals surface area contributed by atoms with E-state index in [4.69, 9.17) is 0 Å². The van der Waals surface area contributed by atoms with E-state index < -0.39 is 0 Å². The lowest BCUT2D eigenvalue weighted by Gasteiger charge is -2.20. The normalized spacial score (nSPS) is 18.8. The Hall–Kier alpha value is -0.440. The second kappa shape index (κ2) is 4.70. The van der Waals surface area contributed by atoms with Crippen LogP contribution >= 0.6 is 11.8 Å². The molecular weight excluding hydrogens is 182 g/mol. The molecule has 1 amide bonds. The summed E-state index contributed by atoms with van der Waals surface area (Å²) < 4.78 is 0. The van der Waals surface area contributed by atoms with Crippen molar-refractivity contribution in [2.45, 2.75) is 20.3 Å². The predicted octanol–water partition coefficient (Wildman–Crippen LogP) is 2.12. The Labute approximate surface area is 84.4 Å². The van der Waals surface area contributed by atoms with Crippen molar-refractivity contribution >= 4 is 17.7 Å². The van der Waals surface area contributed by atoms with Gasteiger partial charge in [0.1, 0.15) is 0 Å². The number of amides is 1. The van der Waals surface area contributed by atoms with Crippen LogP contribution in [0.15, 0.2) is 12.2 Å². The van der Waals surface area contributed by atoms with Crippen LogP contribution in [0, 0.1) is 5.92 Å². The highest BCUT2D eigenvalue weighted by atomic mass is 32.2. The molecule has 1 aliphatic rings. The summed E-state index contributed by atoms with van der Waals surface area (Å²) in [4.78, 5) is 13.7. The summed E-state index contributed by atoms with van der Waals surface area (Å²) in [5.41, 5.74) is 1.04. The molecule has 0 saturated carbocycles. The van der Waals surface area contributed by atoms with E-state index in [1.54, 1.807) is 0 Å². The fourth-order valence-electron chi connectivity index (χ4n) is 1.34. The molecule has 0 aromatic rings. The maximum absolute atomic E-state index is 11.8. The largest absolute Gasteiger partial charge is 0.332 e. The zero-order chi connectivity index (χ0) is 9.84. The van der Waals surface area contributed by atoms with Crippen LogP contribution in [0.1, 0.15) is 20.3 Å². The van der Waals surface area contributed by atoms with Crippen LogP contribution in [0.4, 0.5) is 0 Å². The average molecular weight is 199 g/mol. The van der Waals surface area contributed by atoms with Gasteiger partial charge in [0.25, 0.3) is 0 Å². The van der Waals surface area contributed by atoms with E-state index in [0.717, 1.165) is 30.2 Å². The van der Waals surface area contributed by atoms with Crippen LogP contribution < -0.4 is 0 Å². The highest BCUT2D eigenvalue weighted by Crippen LogP contribution is 2.20. The smallest absolute Gasteiger partial charge is 0.230 e. The lowest BCUT2D eigenvalue weighted by Crippen LogP contribution is -2.33. The minimum Gasteiger partial charge on any atom is -0.332 e. The highest BCUT2D eigenvalue weighted by Gasteiger charge is 2.24. The van der Waals surface area contributed by atoms with Crippen molar-refractivity contribution in [2.24, 2.45) is 5.92 Å². The molecule has 0 spiro atoms. The first-order chi connectivity index (χ1) is 6.16. The first-order valence-corrected chi connectivity index (χ1v) is 5.86. The van der Waals surface area contributed by atoms with Gasteiger partial charge < -0.3 is 4.90 Å². The molecule has 1 saturated heterocycles. The standard InChI is InChI=1S/C10H17NOS/c1-4-8(2)9(3)10(12)11-5-6-13-7-11/h9H,2,4-7H2,1,3H3/t9-/m0/s1. The molecule has 0 aliphatic carbocycles. The molecule has 74 valence electrons. The second-order valence-electron chi connectivity index (χ2n) is 3.37. The zero-order valence-corrected chi connectivity index (χ0v) is 9.19. The minimum absolute atomic E-state index is 0.00343. The van der Waals surface area contributed by atoms with E-state index in [1.807, 2.05) is 30.5 Å². The van der Waals surface area contributed by atoms with Crippen LogP contribution in [0.25, 0.3) is 0 Å². The third-order valence-electron chi connectivity index (χ3n) is 2.50. The number of nitrogens with zero attached hydrogens (tertiary/aromatic N) is 1. The van der Waals surface area contributed by atoms with Gasteiger partial charge in [-0.05, 0) is 13.3 Å². The van der Waals surface area contributed by atoms with Gasteiger partial charge >= 0.3 is 0 Å². The van der Waals surface area contributed by atoms with Gasteiger partial charge in [0.2, 0.25) is 5.91 Å². The van der Waals surface area contributed by atoms with Crippen molar-refractivity contribution in [3.63, 3.8) is 0 Å². The highest BCUT2D eigenvalue weighted by molar-refractivity contribution is 7.99. The fraction of sp³-hybridized carbons (Fsp3) is 0.700. The maximum Gasteiger partial charge on any atom is 0.230 e. The number of rotatable bonds is 3. The monoisotopic (exact) mass is 199 g/mol. The van der Waals surface area contributed by atoms with E-state index in [2.05, 4.69) is 6.58 Å². The van der Waals surface area contributed by atoms with Crippen molar-refractivity contribution in [1.82, 2.24) is 4.90 Å². The summed E-state index contributed by atoms with van der Waals surface area (Å²) in [5.74, 6) is 2.19. The van der Waals surface area contributed by atoms with E-state index in [0.29, 0.717) is 0 Å². The van der Waals surface area contributed by atoms with Crippen molar-refractivity contribution < 1.29 is 4.79 Å². The third-order valence-corrected chi connectivity index (χ3v) is 3.47. The van der Waals surface area contributed by atoms with Gasteiger partial charge in [-0.25, -0.2) is 0 Å². The number of hydrogen-bond acceptors (Lipinski definition) is 2. The Balaban J connectivity index is 2.50. The fourth-order valence-corrected chi connectivity index (χ4v) is 2.30. The van der Waals surface area contributed by atoms with Gasteiger partial charge in [-0.2, -0.15) is 0 Å². The molecule has 3 heteroatoms. The van der Waals surface area contributed by atoms with Crippen LogP contribution in [0.5, 0.6) is 0 Å². The Kier molecular flexibility index (Phi) is 3.85. The van der Waals surface area contributed by atoms with E-state index in [1.165, 1.54) is 0 Å². The summed E-state index contributed by atoms with van der Waals surface area (Å²) in [5, 5.41) is 0. The molecule has 1 atom stereocenters.